The Morgan fingerprint density at radius 1 is 0.938 bits per heavy atom. The quantitative estimate of drug-likeness (QED) is 0.781. The van der Waals surface area contributed by atoms with Gasteiger partial charge < -0.3 is 5.11 Å². The number of sulfonamides is 1. The van der Waals surface area contributed by atoms with E-state index >= 15 is 0 Å². The molecule has 4 nitrogen and oxygen atoms in total. The molecule has 1 aromatic rings. The van der Waals surface area contributed by atoms with E-state index in [0.717, 1.165) is 17.4 Å². The van der Waals surface area contributed by atoms with Gasteiger partial charge in [0.25, 0.3) is 0 Å². The minimum Gasteiger partial charge on any atom is -0.507 e. The zero-order valence-corrected chi connectivity index (χ0v) is 11.0. The Kier molecular flexibility index (Phi) is 3.19. The molecule has 0 aliphatic rings. The maximum absolute atomic E-state index is 11.2. The molecule has 0 spiro atoms. The lowest BCUT2D eigenvalue weighted by atomic mass is 9.98. The number of nitrogens with one attached hydrogen (secondary N) is 1. The van der Waals surface area contributed by atoms with Crippen molar-refractivity contribution >= 4 is 15.7 Å². The lowest BCUT2D eigenvalue weighted by molar-refractivity contribution is 0.466. The maximum atomic E-state index is 11.2. The molecule has 1 aromatic carbocycles. The van der Waals surface area contributed by atoms with Crippen LogP contribution >= 0.6 is 0 Å². The molecule has 90 valence electrons. The number of hydrogen-bond acceptors (Lipinski definition) is 3. The van der Waals surface area contributed by atoms with Gasteiger partial charge in [0.2, 0.25) is 10.0 Å². The van der Waals surface area contributed by atoms with E-state index in [1.165, 1.54) is 0 Å². The molecular weight excluding hydrogens is 226 g/mol. The van der Waals surface area contributed by atoms with Crippen LogP contribution in [0.3, 0.4) is 0 Å². The van der Waals surface area contributed by atoms with Crippen molar-refractivity contribution in [2.45, 2.75) is 27.7 Å². The Labute approximate surface area is 96.4 Å². The minimum absolute atomic E-state index is 0.231. The van der Waals surface area contributed by atoms with E-state index in [2.05, 4.69) is 4.72 Å². The van der Waals surface area contributed by atoms with E-state index in [1.807, 2.05) is 0 Å². The first-order chi connectivity index (χ1) is 7.15. The molecule has 0 amide bonds. The molecule has 0 aliphatic heterocycles. The predicted octanol–water partition coefficient (Wildman–Crippen LogP) is 2.00. The van der Waals surface area contributed by atoms with Gasteiger partial charge in [-0.05, 0) is 49.9 Å². The molecule has 0 saturated heterocycles. The first-order valence-corrected chi connectivity index (χ1v) is 6.81. The zero-order chi connectivity index (χ0) is 12.7. The van der Waals surface area contributed by atoms with Gasteiger partial charge in [0.05, 0.1) is 11.9 Å². The third-order valence-electron chi connectivity index (χ3n) is 2.87. The average molecular weight is 243 g/mol. The zero-order valence-electron chi connectivity index (χ0n) is 10.2. The van der Waals surface area contributed by atoms with Crippen LogP contribution < -0.4 is 4.72 Å². The highest BCUT2D eigenvalue weighted by Crippen LogP contribution is 2.34. The van der Waals surface area contributed by atoms with Gasteiger partial charge in [-0.15, -0.1) is 0 Å². The Bertz CT molecular complexity index is 504. The Morgan fingerprint density at radius 3 is 1.62 bits per heavy atom. The molecule has 0 bridgehead atoms. The van der Waals surface area contributed by atoms with Crippen molar-refractivity contribution in [3.63, 3.8) is 0 Å². The summed E-state index contributed by atoms with van der Waals surface area (Å²) in [5.74, 6) is 0.231. The fraction of sp³-hybridized carbons (Fsp3) is 0.455. The molecule has 2 N–H and O–H groups in total. The highest BCUT2D eigenvalue weighted by Gasteiger charge is 2.16. The van der Waals surface area contributed by atoms with Crippen LogP contribution in [0.4, 0.5) is 5.69 Å². The van der Waals surface area contributed by atoms with Crippen molar-refractivity contribution in [3.8, 4) is 5.75 Å². The van der Waals surface area contributed by atoms with E-state index in [9.17, 15) is 13.5 Å². The normalized spacial score (nSPS) is 11.6. The molecule has 0 saturated carbocycles. The summed E-state index contributed by atoms with van der Waals surface area (Å²) < 4.78 is 25.0. The minimum atomic E-state index is -3.30. The summed E-state index contributed by atoms with van der Waals surface area (Å²) in [7, 11) is -3.30. The van der Waals surface area contributed by atoms with Crippen LogP contribution in [0.2, 0.25) is 0 Å². The van der Waals surface area contributed by atoms with E-state index < -0.39 is 10.0 Å². The lowest BCUT2D eigenvalue weighted by Crippen LogP contribution is -2.13. The molecule has 0 heterocycles. The fourth-order valence-corrected chi connectivity index (χ4v) is 2.31. The van der Waals surface area contributed by atoms with Gasteiger partial charge >= 0.3 is 0 Å². The van der Waals surface area contributed by atoms with Gasteiger partial charge in [-0.3, -0.25) is 4.72 Å². The lowest BCUT2D eigenvalue weighted by Gasteiger charge is -2.17. The predicted molar refractivity (Wildman–Crippen MR) is 65.5 cm³/mol. The number of phenols is 1. The Hall–Kier alpha value is -1.23. The number of benzene rings is 1. The van der Waals surface area contributed by atoms with Gasteiger partial charge in [0, 0.05) is 0 Å². The highest BCUT2D eigenvalue weighted by molar-refractivity contribution is 7.92. The third kappa shape index (κ3) is 2.29. The van der Waals surface area contributed by atoms with Crippen molar-refractivity contribution in [1.29, 1.82) is 0 Å². The molecule has 0 fully saturated rings. The van der Waals surface area contributed by atoms with E-state index in [-0.39, 0.29) is 5.75 Å². The highest BCUT2D eigenvalue weighted by atomic mass is 32.2. The molecule has 0 aliphatic carbocycles. The van der Waals surface area contributed by atoms with Gasteiger partial charge in [0.15, 0.2) is 0 Å². The first-order valence-electron chi connectivity index (χ1n) is 4.92. The van der Waals surface area contributed by atoms with Crippen molar-refractivity contribution in [1.82, 2.24) is 0 Å². The number of rotatable bonds is 2. The second kappa shape index (κ2) is 3.97. The number of hydrogen-bond donors (Lipinski definition) is 2. The summed E-state index contributed by atoms with van der Waals surface area (Å²) >= 11 is 0. The van der Waals surface area contributed by atoms with Crippen LogP contribution in [0.25, 0.3) is 0 Å². The molecule has 0 unspecified atom stereocenters. The van der Waals surface area contributed by atoms with Crippen LogP contribution in [0.15, 0.2) is 0 Å². The van der Waals surface area contributed by atoms with Crippen LogP contribution in [0, 0.1) is 27.7 Å². The molecule has 0 atom stereocenters. The summed E-state index contributed by atoms with van der Waals surface area (Å²) in [6.07, 6.45) is 1.11. The van der Waals surface area contributed by atoms with Gasteiger partial charge in [0.1, 0.15) is 5.75 Å². The second-order valence-electron chi connectivity index (χ2n) is 4.10. The molecule has 0 radical (unpaired) electrons. The maximum Gasteiger partial charge on any atom is 0.229 e. The second-order valence-corrected chi connectivity index (χ2v) is 5.85. The SMILES string of the molecule is Cc1c(C)c(NS(C)(=O)=O)c(C)c(C)c1O. The smallest absolute Gasteiger partial charge is 0.229 e. The molecule has 0 aromatic heterocycles. The van der Waals surface area contributed by atoms with Crippen molar-refractivity contribution in [3.05, 3.63) is 22.3 Å². The summed E-state index contributed by atoms with van der Waals surface area (Å²) in [6, 6.07) is 0. The monoisotopic (exact) mass is 243 g/mol. The average Bonchev–Trinajstić information content (AvgIpc) is 2.17. The molecular formula is C11H17NO3S. The van der Waals surface area contributed by atoms with E-state index in [4.69, 9.17) is 0 Å². The van der Waals surface area contributed by atoms with Gasteiger partial charge in [-0.2, -0.15) is 0 Å². The van der Waals surface area contributed by atoms with Crippen LogP contribution in [0.1, 0.15) is 22.3 Å². The topological polar surface area (TPSA) is 66.4 Å². The summed E-state index contributed by atoms with van der Waals surface area (Å²) in [5, 5.41) is 9.81. The number of phenolic OH excluding ortho intramolecular Hbond substituents is 1. The van der Waals surface area contributed by atoms with Crippen molar-refractivity contribution in [2.24, 2.45) is 0 Å². The number of anilines is 1. The van der Waals surface area contributed by atoms with Crippen LogP contribution in [-0.2, 0) is 10.0 Å². The van der Waals surface area contributed by atoms with Crippen LogP contribution in [0.5, 0.6) is 5.75 Å². The van der Waals surface area contributed by atoms with Crippen molar-refractivity contribution < 1.29 is 13.5 Å². The third-order valence-corrected chi connectivity index (χ3v) is 3.45. The largest absolute Gasteiger partial charge is 0.507 e. The fourth-order valence-electron chi connectivity index (χ4n) is 1.63. The van der Waals surface area contributed by atoms with Crippen LogP contribution in [-0.4, -0.2) is 19.8 Å². The number of aromatic hydroxyl groups is 1. The summed E-state index contributed by atoms with van der Waals surface area (Å²) in [6.45, 7) is 7.11. The molecule has 16 heavy (non-hydrogen) atoms. The Morgan fingerprint density at radius 2 is 1.31 bits per heavy atom. The summed E-state index contributed by atoms with van der Waals surface area (Å²) in [4.78, 5) is 0. The van der Waals surface area contributed by atoms with Gasteiger partial charge in [-0.1, -0.05) is 0 Å². The van der Waals surface area contributed by atoms with E-state index in [0.29, 0.717) is 16.8 Å². The standard InChI is InChI=1S/C11H17NO3S/c1-6-8(3)11(13)9(4)7(2)10(6)12-16(5,14)15/h12-13H,1-5H3. The Balaban J connectivity index is 3.52. The molecule has 1 rings (SSSR count). The van der Waals surface area contributed by atoms with E-state index in [1.54, 1.807) is 27.7 Å². The molecule has 5 heteroatoms. The van der Waals surface area contributed by atoms with Gasteiger partial charge in [-0.25, -0.2) is 8.42 Å². The van der Waals surface area contributed by atoms with Crippen molar-refractivity contribution in [2.75, 3.05) is 11.0 Å². The first kappa shape index (κ1) is 12.8. The summed E-state index contributed by atoms with van der Waals surface area (Å²) in [5.41, 5.74) is 3.48.